The molecular formula is C16H16F3NO3. The molecule has 0 aliphatic heterocycles. The summed E-state index contributed by atoms with van der Waals surface area (Å²) >= 11 is 0. The van der Waals surface area contributed by atoms with Crippen LogP contribution in [-0.4, -0.2) is 17.6 Å². The number of hydrogen-bond acceptors (Lipinski definition) is 3. The van der Waals surface area contributed by atoms with Crippen molar-refractivity contribution in [3.05, 3.63) is 58.5 Å². The van der Waals surface area contributed by atoms with E-state index >= 15 is 0 Å². The third kappa shape index (κ3) is 3.92. The van der Waals surface area contributed by atoms with Gasteiger partial charge < -0.3 is 14.8 Å². The maximum absolute atomic E-state index is 12.9. The number of carbonyl (C=O) groups is 1. The van der Waals surface area contributed by atoms with Gasteiger partial charge in [0.2, 0.25) is 0 Å². The maximum atomic E-state index is 12.9. The van der Waals surface area contributed by atoms with Gasteiger partial charge in [0.15, 0.2) is 0 Å². The second-order valence-corrected chi connectivity index (χ2v) is 5.14. The summed E-state index contributed by atoms with van der Waals surface area (Å²) in [6, 6.07) is 6.26. The van der Waals surface area contributed by atoms with E-state index in [0.717, 1.165) is 6.07 Å². The first-order chi connectivity index (χ1) is 10.7. The molecule has 2 aromatic rings. The van der Waals surface area contributed by atoms with Crippen molar-refractivity contribution in [2.45, 2.75) is 26.1 Å². The molecule has 2 rings (SSSR count). The minimum atomic E-state index is -4.57. The van der Waals surface area contributed by atoms with Crippen molar-refractivity contribution in [1.82, 2.24) is 5.32 Å². The summed E-state index contributed by atoms with van der Waals surface area (Å²) in [4.78, 5) is 12.0. The Balaban J connectivity index is 2.10. The SMILES string of the molecule is Cc1cc(C(=O)NC[C@@H](O)c2ccccc2C(F)(F)F)c(C)o1. The van der Waals surface area contributed by atoms with E-state index < -0.39 is 23.8 Å². The van der Waals surface area contributed by atoms with Crippen molar-refractivity contribution >= 4 is 5.91 Å². The van der Waals surface area contributed by atoms with E-state index in [1.165, 1.54) is 24.3 Å². The number of aryl methyl sites for hydroxylation is 2. The molecule has 1 amide bonds. The van der Waals surface area contributed by atoms with E-state index in [2.05, 4.69) is 5.32 Å². The summed E-state index contributed by atoms with van der Waals surface area (Å²) in [7, 11) is 0. The van der Waals surface area contributed by atoms with Crippen LogP contribution in [0, 0.1) is 13.8 Å². The van der Waals surface area contributed by atoms with E-state index in [1.807, 2.05) is 0 Å². The van der Waals surface area contributed by atoms with Gasteiger partial charge in [0.25, 0.3) is 5.91 Å². The fraction of sp³-hybridized carbons (Fsp3) is 0.312. The Hall–Kier alpha value is -2.28. The zero-order valence-corrected chi connectivity index (χ0v) is 12.6. The Kier molecular flexibility index (Phi) is 4.79. The highest BCUT2D eigenvalue weighted by Crippen LogP contribution is 2.34. The van der Waals surface area contributed by atoms with Crippen LogP contribution in [0.25, 0.3) is 0 Å². The number of carbonyl (C=O) groups excluding carboxylic acids is 1. The van der Waals surface area contributed by atoms with Gasteiger partial charge in [0.05, 0.1) is 17.2 Å². The van der Waals surface area contributed by atoms with Crippen LogP contribution in [0.15, 0.2) is 34.7 Å². The molecule has 4 nitrogen and oxygen atoms in total. The molecule has 0 bridgehead atoms. The normalized spacial score (nSPS) is 13.0. The largest absolute Gasteiger partial charge is 0.466 e. The van der Waals surface area contributed by atoms with Crippen molar-refractivity contribution in [3.8, 4) is 0 Å². The summed E-state index contributed by atoms with van der Waals surface area (Å²) in [6.07, 6.45) is -6.04. The summed E-state index contributed by atoms with van der Waals surface area (Å²) in [5.74, 6) is 0.448. The monoisotopic (exact) mass is 327 g/mol. The number of nitrogens with one attached hydrogen (secondary N) is 1. The quantitative estimate of drug-likeness (QED) is 0.905. The lowest BCUT2D eigenvalue weighted by molar-refractivity contribution is -0.139. The van der Waals surface area contributed by atoms with E-state index in [9.17, 15) is 23.1 Å². The minimum absolute atomic E-state index is 0.277. The van der Waals surface area contributed by atoms with Gasteiger partial charge in [-0.05, 0) is 31.5 Å². The van der Waals surface area contributed by atoms with Gasteiger partial charge in [0.1, 0.15) is 11.5 Å². The van der Waals surface area contributed by atoms with Crippen LogP contribution in [0.4, 0.5) is 13.2 Å². The molecule has 0 saturated carbocycles. The third-order valence-electron chi connectivity index (χ3n) is 3.37. The highest BCUT2D eigenvalue weighted by Gasteiger charge is 2.34. The Bertz CT molecular complexity index is 707. The maximum Gasteiger partial charge on any atom is 0.416 e. The number of halogens is 3. The molecule has 7 heteroatoms. The lowest BCUT2D eigenvalue weighted by Crippen LogP contribution is -2.29. The molecule has 0 spiro atoms. The third-order valence-corrected chi connectivity index (χ3v) is 3.37. The summed E-state index contributed by atoms with van der Waals surface area (Å²) in [5, 5.41) is 12.4. The lowest BCUT2D eigenvalue weighted by Gasteiger charge is -2.17. The first-order valence-electron chi connectivity index (χ1n) is 6.89. The minimum Gasteiger partial charge on any atom is -0.466 e. The molecule has 1 atom stereocenters. The van der Waals surface area contributed by atoms with Crippen molar-refractivity contribution < 1.29 is 27.5 Å². The van der Waals surface area contributed by atoms with Gasteiger partial charge in [-0.3, -0.25) is 4.79 Å². The number of hydrogen-bond donors (Lipinski definition) is 2. The Labute approximate surface area is 130 Å². The highest BCUT2D eigenvalue weighted by molar-refractivity contribution is 5.95. The zero-order chi connectivity index (χ0) is 17.2. The van der Waals surface area contributed by atoms with Gasteiger partial charge in [0, 0.05) is 6.54 Å². The average Bonchev–Trinajstić information content (AvgIpc) is 2.82. The fourth-order valence-electron chi connectivity index (χ4n) is 2.30. The lowest BCUT2D eigenvalue weighted by atomic mass is 10.0. The molecule has 23 heavy (non-hydrogen) atoms. The highest BCUT2D eigenvalue weighted by atomic mass is 19.4. The molecular weight excluding hydrogens is 311 g/mol. The predicted molar refractivity (Wildman–Crippen MR) is 76.9 cm³/mol. The van der Waals surface area contributed by atoms with Crippen LogP contribution < -0.4 is 5.32 Å². The first-order valence-corrected chi connectivity index (χ1v) is 6.89. The van der Waals surface area contributed by atoms with E-state index in [0.29, 0.717) is 17.1 Å². The van der Waals surface area contributed by atoms with Crippen molar-refractivity contribution in [3.63, 3.8) is 0 Å². The van der Waals surface area contributed by atoms with Crippen LogP contribution in [0.5, 0.6) is 0 Å². The molecule has 0 saturated heterocycles. The average molecular weight is 327 g/mol. The molecule has 0 radical (unpaired) electrons. The number of alkyl halides is 3. The van der Waals surface area contributed by atoms with Crippen LogP contribution in [-0.2, 0) is 6.18 Å². The zero-order valence-electron chi connectivity index (χ0n) is 12.6. The Morgan fingerprint density at radius 2 is 1.96 bits per heavy atom. The second-order valence-electron chi connectivity index (χ2n) is 5.14. The van der Waals surface area contributed by atoms with Gasteiger partial charge >= 0.3 is 6.18 Å². The molecule has 1 aromatic carbocycles. The number of aliphatic hydroxyl groups excluding tert-OH is 1. The van der Waals surface area contributed by atoms with Gasteiger partial charge in [-0.2, -0.15) is 13.2 Å². The molecule has 0 unspecified atom stereocenters. The smallest absolute Gasteiger partial charge is 0.416 e. The van der Waals surface area contributed by atoms with Crippen molar-refractivity contribution in [2.75, 3.05) is 6.54 Å². The van der Waals surface area contributed by atoms with E-state index in [4.69, 9.17) is 4.42 Å². The Morgan fingerprint density at radius 3 is 2.52 bits per heavy atom. The number of furan rings is 1. The van der Waals surface area contributed by atoms with Gasteiger partial charge in [-0.15, -0.1) is 0 Å². The van der Waals surface area contributed by atoms with Crippen molar-refractivity contribution in [2.24, 2.45) is 0 Å². The second kappa shape index (κ2) is 6.45. The fourth-order valence-corrected chi connectivity index (χ4v) is 2.30. The Morgan fingerprint density at radius 1 is 1.30 bits per heavy atom. The van der Waals surface area contributed by atoms with Gasteiger partial charge in [-0.1, -0.05) is 18.2 Å². The summed E-state index contributed by atoms with van der Waals surface area (Å²) in [6.45, 7) is 2.95. The van der Waals surface area contributed by atoms with E-state index in [1.54, 1.807) is 13.8 Å². The van der Waals surface area contributed by atoms with Crippen molar-refractivity contribution in [1.29, 1.82) is 0 Å². The summed E-state index contributed by atoms with van der Waals surface area (Å²) < 4.78 is 44.0. The van der Waals surface area contributed by atoms with Crippen LogP contribution >= 0.6 is 0 Å². The standard InChI is InChI=1S/C16H16F3NO3/c1-9-7-12(10(2)23-9)15(22)20-8-14(21)11-5-3-4-6-13(11)16(17,18)19/h3-7,14,21H,8H2,1-2H3,(H,20,22)/t14-/m1/s1. The predicted octanol–water partition coefficient (Wildman–Crippen LogP) is 3.38. The summed E-state index contributed by atoms with van der Waals surface area (Å²) in [5.41, 5.74) is -0.906. The van der Waals surface area contributed by atoms with Gasteiger partial charge in [-0.25, -0.2) is 0 Å². The number of aliphatic hydroxyl groups is 1. The number of benzene rings is 1. The topological polar surface area (TPSA) is 62.5 Å². The van der Waals surface area contributed by atoms with Crippen LogP contribution in [0.2, 0.25) is 0 Å². The van der Waals surface area contributed by atoms with E-state index in [-0.39, 0.29) is 12.1 Å². The molecule has 2 N–H and O–H groups in total. The first kappa shape index (κ1) is 17.1. The molecule has 124 valence electrons. The van der Waals surface area contributed by atoms with Crippen LogP contribution in [0.3, 0.4) is 0 Å². The molecule has 0 aliphatic rings. The molecule has 1 heterocycles. The number of rotatable bonds is 4. The van der Waals surface area contributed by atoms with Crippen LogP contribution in [0.1, 0.15) is 39.1 Å². The molecule has 0 aliphatic carbocycles. The molecule has 0 fully saturated rings. The number of amides is 1. The molecule has 1 aromatic heterocycles.